The van der Waals surface area contributed by atoms with Gasteiger partial charge in [0, 0.05) is 9.26 Å². The normalized spacial score (nSPS) is 10.8. The summed E-state index contributed by atoms with van der Waals surface area (Å²) in [7, 11) is 0. The summed E-state index contributed by atoms with van der Waals surface area (Å²) in [6, 6.07) is 8.59. The lowest BCUT2D eigenvalue weighted by atomic mass is 10.2. The zero-order chi connectivity index (χ0) is 11.7. The van der Waals surface area contributed by atoms with E-state index in [2.05, 4.69) is 77.4 Å². The Bertz CT molecular complexity index is 497. The molecule has 2 rings (SSSR count). The Hall–Kier alpha value is -0.840. The highest BCUT2D eigenvalue weighted by molar-refractivity contribution is 14.1. The molecular formula is C13H15IN2. The molecule has 3 heteroatoms. The third-order valence-electron chi connectivity index (χ3n) is 2.99. The van der Waals surface area contributed by atoms with E-state index >= 15 is 0 Å². The number of hydrogen-bond acceptors (Lipinski definition) is 1. The van der Waals surface area contributed by atoms with Crippen LogP contribution in [0.25, 0.3) is 0 Å². The van der Waals surface area contributed by atoms with Gasteiger partial charge in [-0.05, 0) is 66.6 Å². The molecule has 1 heterocycles. The lowest BCUT2D eigenvalue weighted by molar-refractivity contribution is 0.658. The quantitative estimate of drug-likeness (QED) is 0.773. The Morgan fingerprint density at radius 2 is 1.75 bits per heavy atom. The van der Waals surface area contributed by atoms with Gasteiger partial charge in [0.15, 0.2) is 0 Å². The standard InChI is InChI=1S/C13H15IN2/c1-9-10(2)15-16(11(9)3)8-12-4-6-13(14)7-5-12/h4-7H,8H2,1-3H3. The van der Waals surface area contributed by atoms with Crippen molar-refractivity contribution in [3.8, 4) is 0 Å². The summed E-state index contributed by atoms with van der Waals surface area (Å²) in [6.45, 7) is 7.17. The van der Waals surface area contributed by atoms with Crippen LogP contribution in [0.1, 0.15) is 22.5 Å². The molecule has 2 nitrogen and oxygen atoms in total. The number of hydrogen-bond donors (Lipinski definition) is 0. The second-order valence-corrected chi connectivity index (χ2v) is 5.33. The fourth-order valence-corrected chi connectivity index (χ4v) is 2.06. The molecule has 16 heavy (non-hydrogen) atoms. The van der Waals surface area contributed by atoms with Gasteiger partial charge in [-0.2, -0.15) is 5.10 Å². The predicted molar refractivity (Wildman–Crippen MR) is 74.7 cm³/mol. The zero-order valence-electron chi connectivity index (χ0n) is 9.79. The van der Waals surface area contributed by atoms with E-state index in [1.54, 1.807) is 0 Å². The summed E-state index contributed by atoms with van der Waals surface area (Å²) >= 11 is 2.32. The van der Waals surface area contributed by atoms with E-state index in [4.69, 9.17) is 0 Å². The summed E-state index contributed by atoms with van der Waals surface area (Å²) in [6.07, 6.45) is 0. The first-order chi connectivity index (χ1) is 7.58. The minimum atomic E-state index is 0.859. The summed E-state index contributed by atoms with van der Waals surface area (Å²) in [5.74, 6) is 0. The summed E-state index contributed by atoms with van der Waals surface area (Å²) in [5.41, 5.74) is 4.98. The fraction of sp³-hybridized carbons (Fsp3) is 0.308. The number of rotatable bonds is 2. The fourth-order valence-electron chi connectivity index (χ4n) is 1.70. The van der Waals surface area contributed by atoms with Gasteiger partial charge >= 0.3 is 0 Å². The van der Waals surface area contributed by atoms with Crippen LogP contribution in [0.2, 0.25) is 0 Å². The second kappa shape index (κ2) is 4.57. The molecular weight excluding hydrogens is 311 g/mol. The van der Waals surface area contributed by atoms with Crippen LogP contribution >= 0.6 is 22.6 Å². The Labute approximate surface area is 110 Å². The number of aromatic nitrogens is 2. The first-order valence-electron chi connectivity index (χ1n) is 5.33. The minimum absolute atomic E-state index is 0.859. The van der Waals surface area contributed by atoms with Gasteiger partial charge in [-0.1, -0.05) is 12.1 Å². The molecule has 2 aromatic rings. The van der Waals surface area contributed by atoms with E-state index in [-0.39, 0.29) is 0 Å². The van der Waals surface area contributed by atoms with E-state index in [9.17, 15) is 0 Å². The van der Waals surface area contributed by atoms with Crippen molar-refractivity contribution >= 4 is 22.6 Å². The maximum atomic E-state index is 4.54. The van der Waals surface area contributed by atoms with Crippen molar-refractivity contribution in [3.05, 3.63) is 50.4 Å². The molecule has 0 bridgehead atoms. The van der Waals surface area contributed by atoms with Crippen LogP contribution < -0.4 is 0 Å². The van der Waals surface area contributed by atoms with E-state index in [1.807, 2.05) is 0 Å². The van der Waals surface area contributed by atoms with Gasteiger partial charge in [0.05, 0.1) is 12.2 Å². The molecule has 1 aromatic carbocycles. The van der Waals surface area contributed by atoms with Crippen molar-refractivity contribution in [1.82, 2.24) is 9.78 Å². The lowest BCUT2D eigenvalue weighted by Crippen LogP contribution is -2.04. The average Bonchev–Trinajstić information content (AvgIpc) is 2.50. The summed E-state index contributed by atoms with van der Waals surface area (Å²) < 4.78 is 3.35. The molecule has 0 fully saturated rings. The first kappa shape index (κ1) is 11.6. The smallest absolute Gasteiger partial charge is 0.0662 e. The topological polar surface area (TPSA) is 17.8 Å². The molecule has 0 N–H and O–H groups in total. The maximum Gasteiger partial charge on any atom is 0.0662 e. The molecule has 0 aliphatic carbocycles. The number of halogens is 1. The van der Waals surface area contributed by atoms with Gasteiger partial charge in [0.2, 0.25) is 0 Å². The Balaban J connectivity index is 2.27. The van der Waals surface area contributed by atoms with Crippen LogP contribution in [0.4, 0.5) is 0 Å². The van der Waals surface area contributed by atoms with Gasteiger partial charge in [-0.3, -0.25) is 4.68 Å². The van der Waals surface area contributed by atoms with Crippen LogP contribution in [0, 0.1) is 24.3 Å². The van der Waals surface area contributed by atoms with Gasteiger partial charge in [0.1, 0.15) is 0 Å². The van der Waals surface area contributed by atoms with Crippen molar-refractivity contribution in [2.45, 2.75) is 27.3 Å². The summed E-state index contributed by atoms with van der Waals surface area (Å²) in [4.78, 5) is 0. The van der Waals surface area contributed by atoms with Crippen LogP contribution in [-0.2, 0) is 6.54 Å². The Kier molecular flexibility index (Phi) is 3.33. The Morgan fingerprint density at radius 3 is 2.25 bits per heavy atom. The average molecular weight is 326 g/mol. The van der Waals surface area contributed by atoms with E-state index < -0.39 is 0 Å². The highest BCUT2D eigenvalue weighted by Gasteiger charge is 2.07. The van der Waals surface area contributed by atoms with Gasteiger partial charge in [-0.25, -0.2) is 0 Å². The lowest BCUT2D eigenvalue weighted by Gasteiger charge is -2.05. The molecule has 0 unspecified atom stereocenters. The van der Waals surface area contributed by atoms with Gasteiger partial charge < -0.3 is 0 Å². The largest absolute Gasteiger partial charge is 0.265 e. The van der Waals surface area contributed by atoms with Gasteiger partial charge in [0.25, 0.3) is 0 Å². The molecule has 0 aliphatic rings. The molecule has 0 saturated carbocycles. The highest BCUT2D eigenvalue weighted by atomic mass is 127. The van der Waals surface area contributed by atoms with Crippen molar-refractivity contribution in [3.63, 3.8) is 0 Å². The van der Waals surface area contributed by atoms with Crippen LogP contribution in [0.3, 0.4) is 0 Å². The van der Waals surface area contributed by atoms with Crippen LogP contribution in [0.15, 0.2) is 24.3 Å². The van der Waals surface area contributed by atoms with E-state index in [0.717, 1.165) is 12.2 Å². The zero-order valence-corrected chi connectivity index (χ0v) is 11.9. The highest BCUT2D eigenvalue weighted by Crippen LogP contribution is 2.14. The van der Waals surface area contributed by atoms with Crippen LogP contribution in [-0.4, -0.2) is 9.78 Å². The molecule has 0 saturated heterocycles. The molecule has 0 amide bonds. The number of benzene rings is 1. The first-order valence-corrected chi connectivity index (χ1v) is 6.41. The molecule has 0 radical (unpaired) electrons. The number of aryl methyl sites for hydroxylation is 1. The van der Waals surface area contributed by atoms with Crippen molar-refractivity contribution in [2.75, 3.05) is 0 Å². The van der Waals surface area contributed by atoms with Gasteiger partial charge in [-0.15, -0.1) is 0 Å². The second-order valence-electron chi connectivity index (χ2n) is 4.08. The SMILES string of the molecule is Cc1nn(Cc2ccc(I)cc2)c(C)c1C. The Morgan fingerprint density at radius 1 is 1.12 bits per heavy atom. The third kappa shape index (κ3) is 2.29. The monoisotopic (exact) mass is 326 g/mol. The minimum Gasteiger partial charge on any atom is -0.265 e. The molecule has 1 aromatic heterocycles. The van der Waals surface area contributed by atoms with Crippen molar-refractivity contribution in [1.29, 1.82) is 0 Å². The molecule has 84 valence electrons. The molecule has 0 aliphatic heterocycles. The van der Waals surface area contributed by atoms with Crippen molar-refractivity contribution in [2.24, 2.45) is 0 Å². The van der Waals surface area contributed by atoms with Crippen molar-refractivity contribution < 1.29 is 0 Å². The molecule has 0 spiro atoms. The third-order valence-corrected chi connectivity index (χ3v) is 3.71. The summed E-state index contributed by atoms with van der Waals surface area (Å²) in [5, 5.41) is 4.54. The molecule has 0 atom stereocenters. The van der Waals surface area contributed by atoms with Crippen LogP contribution in [0.5, 0.6) is 0 Å². The maximum absolute atomic E-state index is 4.54. The predicted octanol–water partition coefficient (Wildman–Crippen LogP) is 3.46. The van der Waals surface area contributed by atoms with E-state index in [0.29, 0.717) is 0 Å². The van der Waals surface area contributed by atoms with E-state index in [1.165, 1.54) is 20.4 Å². The number of nitrogens with zero attached hydrogens (tertiary/aromatic N) is 2.